The highest BCUT2D eigenvalue weighted by molar-refractivity contribution is 6.29. The summed E-state index contributed by atoms with van der Waals surface area (Å²) < 4.78 is 4.86. The molecule has 0 saturated carbocycles. The maximum absolute atomic E-state index is 2.55. The van der Waals surface area contributed by atoms with E-state index >= 15 is 0 Å². The molecule has 0 radical (unpaired) electrons. The number of nitrogens with zero attached hydrogens (tertiary/aromatic N) is 2. The summed E-state index contributed by atoms with van der Waals surface area (Å²) in [5, 5.41) is 9.33. The van der Waals surface area contributed by atoms with Gasteiger partial charge in [0.2, 0.25) is 5.52 Å². The molecular weight excluding hydrogens is 412 g/mol. The van der Waals surface area contributed by atoms with E-state index in [2.05, 4.69) is 117 Å². The van der Waals surface area contributed by atoms with Gasteiger partial charge in [-0.05, 0) is 52.8 Å². The van der Waals surface area contributed by atoms with Gasteiger partial charge in [0, 0.05) is 22.2 Å². The van der Waals surface area contributed by atoms with Crippen molar-refractivity contribution in [1.29, 1.82) is 0 Å². The second-order valence-electron chi connectivity index (χ2n) is 11.3. The first kappa shape index (κ1) is 19.8. The predicted molar refractivity (Wildman–Crippen MR) is 145 cm³/mol. The summed E-state index contributed by atoms with van der Waals surface area (Å²) in [6.07, 6.45) is 3.30. The molecule has 0 fully saturated rings. The van der Waals surface area contributed by atoms with Gasteiger partial charge in [0.05, 0.1) is 27.3 Å². The molecule has 0 spiro atoms. The highest BCUT2D eigenvalue weighted by Gasteiger charge is 2.25. The van der Waals surface area contributed by atoms with Crippen LogP contribution in [0.2, 0.25) is 0 Å². The van der Waals surface area contributed by atoms with Crippen LogP contribution in [0.5, 0.6) is 0 Å². The summed E-state index contributed by atoms with van der Waals surface area (Å²) >= 11 is 0. The van der Waals surface area contributed by atoms with Crippen molar-refractivity contribution < 1.29 is 4.57 Å². The lowest BCUT2D eigenvalue weighted by Crippen LogP contribution is -2.28. The first-order valence-electron chi connectivity index (χ1n) is 12.2. The Hall–Kier alpha value is -3.65. The summed E-state index contributed by atoms with van der Waals surface area (Å²) in [7, 11) is 2.19. The van der Waals surface area contributed by atoms with E-state index in [1.54, 1.807) is 0 Å². The molecular formula is C32H29N2+. The third-order valence-electron chi connectivity index (χ3n) is 7.51. The molecule has 0 bridgehead atoms. The highest BCUT2D eigenvalue weighted by atomic mass is 15.0. The third kappa shape index (κ3) is 2.54. The van der Waals surface area contributed by atoms with Crippen molar-refractivity contribution in [1.82, 2.24) is 4.40 Å². The van der Waals surface area contributed by atoms with E-state index in [9.17, 15) is 0 Å². The van der Waals surface area contributed by atoms with E-state index in [0.717, 1.165) is 6.42 Å². The van der Waals surface area contributed by atoms with E-state index in [1.807, 2.05) is 0 Å². The summed E-state index contributed by atoms with van der Waals surface area (Å²) in [5.41, 5.74) is 8.27. The zero-order chi connectivity index (χ0) is 23.4. The van der Waals surface area contributed by atoms with Gasteiger partial charge >= 0.3 is 0 Å². The van der Waals surface area contributed by atoms with Crippen molar-refractivity contribution in [3.05, 3.63) is 84.1 Å². The van der Waals surface area contributed by atoms with Gasteiger partial charge in [-0.2, -0.15) is 0 Å². The van der Waals surface area contributed by atoms with Gasteiger partial charge in [-0.1, -0.05) is 69.3 Å². The van der Waals surface area contributed by atoms with Crippen LogP contribution >= 0.6 is 0 Å². The zero-order valence-electron chi connectivity index (χ0n) is 20.5. The smallest absolute Gasteiger partial charge is 0.224 e. The summed E-state index contributed by atoms with van der Waals surface area (Å²) in [6.45, 7) is 9.20. The lowest BCUT2D eigenvalue weighted by Gasteiger charge is -2.19. The van der Waals surface area contributed by atoms with Crippen molar-refractivity contribution in [2.45, 2.75) is 34.1 Å². The second-order valence-corrected chi connectivity index (χ2v) is 11.3. The molecule has 166 valence electrons. The number of pyridine rings is 2. The molecule has 0 unspecified atom stereocenters. The molecule has 4 aromatic carbocycles. The fourth-order valence-corrected chi connectivity index (χ4v) is 6.23. The Labute approximate surface area is 199 Å². The number of aryl methyl sites for hydroxylation is 2. The molecule has 0 N–H and O–H groups in total. The van der Waals surface area contributed by atoms with Gasteiger partial charge in [-0.15, -0.1) is 0 Å². The number of hydrogen-bond acceptors (Lipinski definition) is 0. The molecule has 34 heavy (non-hydrogen) atoms. The SMILES string of the molecule is Cc1ccc2c3ccccc3n3c2c1c1c2c(cc[n+]1C)cc1cc(CC(C)(C)C)ccc1c23. The number of aromatic nitrogens is 2. The number of hydrogen-bond donors (Lipinski definition) is 0. The van der Waals surface area contributed by atoms with Crippen molar-refractivity contribution >= 4 is 59.8 Å². The van der Waals surface area contributed by atoms with Gasteiger partial charge in [-0.3, -0.25) is 0 Å². The first-order chi connectivity index (χ1) is 16.3. The Morgan fingerprint density at radius 3 is 2.35 bits per heavy atom. The minimum absolute atomic E-state index is 0.263. The molecule has 0 saturated heterocycles. The van der Waals surface area contributed by atoms with Crippen molar-refractivity contribution in [3.63, 3.8) is 0 Å². The highest BCUT2D eigenvalue weighted by Crippen LogP contribution is 2.43. The Morgan fingerprint density at radius 1 is 0.765 bits per heavy atom. The Bertz CT molecular complexity index is 1930. The minimum Gasteiger partial charge on any atom is -0.307 e. The Kier molecular flexibility index (Phi) is 3.77. The molecule has 0 aliphatic carbocycles. The summed E-state index contributed by atoms with van der Waals surface area (Å²) in [5.74, 6) is 0. The Balaban J connectivity index is 1.81. The first-order valence-corrected chi connectivity index (χ1v) is 12.2. The minimum atomic E-state index is 0.263. The van der Waals surface area contributed by atoms with E-state index in [0.29, 0.717) is 0 Å². The van der Waals surface area contributed by atoms with E-state index in [4.69, 9.17) is 0 Å². The third-order valence-corrected chi connectivity index (χ3v) is 7.51. The largest absolute Gasteiger partial charge is 0.307 e. The molecule has 0 atom stereocenters. The average Bonchev–Trinajstić information content (AvgIpc) is 3.12. The van der Waals surface area contributed by atoms with Gasteiger partial charge < -0.3 is 4.40 Å². The predicted octanol–water partition coefficient (Wildman–Crippen LogP) is 7.86. The van der Waals surface area contributed by atoms with Gasteiger partial charge in [-0.25, -0.2) is 4.57 Å². The van der Waals surface area contributed by atoms with Gasteiger partial charge in [0.15, 0.2) is 6.20 Å². The lowest BCUT2D eigenvalue weighted by atomic mass is 9.87. The van der Waals surface area contributed by atoms with Crippen LogP contribution in [0.15, 0.2) is 72.9 Å². The molecule has 0 aliphatic heterocycles. The van der Waals surface area contributed by atoms with Crippen molar-refractivity contribution in [2.75, 3.05) is 0 Å². The van der Waals surface area contributed by atoms with Gasteiger partial charge in [0.1, 0.15) is 7.05 Å². The summed E-state index contributed by atoms with van der Waals surface area (Å²) in [4.78, 5) is 0. The van der Waals surface area contributed by atoms with Crippen LogP contribution in [0.25, 0.3) is 59.8 Å². The number of fused-ring (bicyclic) bond motifs is 7. The molecule has 2 heteroatoms. The Morgan fingerprint density at radius 2 is 1.53 bits per heavy atom. The zero-order valence-corrected chi connectivity index (χ0v) is 20.5. The van der Waals surface area contributed by atoms with Crippen LogP contribution < -0.4 is 4.57 Å². The monoisotopic (exact) mass is 441 g/mol. The molecule has 0 aliphatic rings. The van der Waals surface area contributed by atoms with Crippen molar-refractivity contribution in [3.8, 4) is 0 Å². The van der Waals surface area contributed by atoms with Crippen LogP contribution in [0.4, 0.5) is 0 Å². The normalized spacial score (nSPS) is 13.0. The second kappa shape index (κ2) is 6.48. The molecule has 2 nitrogen and oxygen atoms in total. The molecule has 0 amide bonds. The maximum atomic E-state index is 2.55. The van der Waals surface area contributed by atoms with Crippen molar-refractivity contribution in [2.24, 2.45) is 12.5 Å². The standard InChI is InChI=1S/C32H29N2/c1-19-10-12-25-24-8-6-7-9-26(24)34-29-23-13-11-20(18-32(2,3)4)16-22(23)17-21-14-15-33(5)31(28(21)29)27(19)30(25)34/h6-17H,18H2,1-5H3/q+1. The average molecular weight is 442 g/mol. The van der Waals surface area contributed by atoms with Crippen LogP contribution in [0.3, 0.4) is 0 Å². The number of para-hydroxylation sites is 1. The van der Waals surface area contributed by atoms with Crippen LogP contribution in [0, 0.1) is 12.3 Å². The van der Waals surface area contributed by atoms with E-state index in [1.165, 1.54) is 70.9 Å². The fraction of sp³-hybridized carbons (Fsp3) is 0.219. The molecule has 7 aromatic rings. The van der Waals surface area contributed by atoms with Gasteiger partial charge in [0.25, 0.3) is 0 Å². The molecule has 7 rings (SSSR count). The van der Waals surface area contributed by atoms with E-state index in [-0.39, 0.29) is 5.41 Å². The van der Waals surface area contributed by atoms with Crippen LogP contribution in [0.1, 0.15) is 31.9 Å². The quantitative estimate of drug-likeness (QED) is 0.139. The van der Waals surface area contributed by atoms with Crippen LogP contribution in [-0.4, -0.2) is 4.40 Å². The van der Waals surface area contributed by atoms with Crippen LogP contribution in [-0.2, 0) is 13.5 Å². The lowest BCUT2D eigenvalue weighted by molar-refractivity contribution is -0.643. The maximum Gasteiger partial charge on any atom is 0.224 e. The summed E-state index contributed by atoms with van der Waals surface area (Å²) in [6, 6.07) is 25.3. The topological polar surface area (TPSA) is 8.29 Å². The number of benzene rings is 4. The fourth-order valence-electron chi connectivity index (χ4n) is 6.23. The molecule has 3 heterocycles. The molecule has 3 aromatic heterocycles. The van der Waals surface area contributed by atoms with E-state index < -0.39 is 0 Å². The number of rotatable bonds is 1.